The van der Waals surface area contributed by atoms with Crippen molar-refractivity contribution >= 4 is 27.7 Å². The van der Waals surface area contributed by atoms with Gasteiger partial charge in [-0.3, -0.25) is 0 Å². The first-order chi connectivity index (χ1) is 11.3. The number of aromatic nitrogens is 4. The largest absolute Gasteiger partial charge is 0.377 e. The molecule has 120 valence electrons. The Morgan fingerprint density at radius 3 is 3.09 bits per heavy atom. The van der Waals surface area contributed by atoms with Crippen LogP contribution in [0.1, 0.15) is 30.1 Å². The number of ether oxygens (including phenoxy) is 1. The lowest BCUT2D eigenvalue weighted by atomic mass is 9.90. The fourth-order valence-corrected chi connectivity index (χ4v) is 3.98. The Labute approximate surface area is 138 Å². The first-order valence-corrected chi connectivity index (χ1v) is 8.61. The predicted octanol–water partition coefficient (Wildman–Crippen LogP) is 2.94. The van der Waals surface area contributed by atoms with Gasteiger partial charge >= 0.3 is 0 Å². The second kappa shape index (κ2) is 6.25. The molecule has 1 fully saturated rings. The van der Waals surface area contributed by atoms with Gasteiger partial charge in [0.15, 0.2) is 5.82 Å². The third-order valence-corrected chi connectivity index (χ3v) is 5.23. The predicted molar refractivity (Wildman–Crippen MR) is 90.9 cm³/mol. The minimum absolute atomic E-state index is 0.481. The van der Waals surface area contributed by atoms with Gasteiger partial charge in [-0.2, -0.15) is 4.37 Å². The van der Waals surface area contributed by atoms with E-state index in [1.807, 2.05) is 12.3 Å². The Morgan fingerprint density at radius 2 is 2.26 bits per heavy atom. The summed E-state index contributed by atoms with van der Waals surface area (Å²) >= 11 is 1.47. The molecule has 1 saturated heterocycles. The molecule has 7 heteroatoms. The highest BCUT2D eigenvalue weighted by molar-refractivity contribution is 7.09. The van der Waals surface area contributed by atoms with Gasteiger partial charge in [0.05, 0.1) is 0 Å². The van der Waals surface area contributed by atoms with Crippen LogP contribution in [0.25, 0.3) is 11.0 Å². The van der Waals surface area contributed by atoms with Crippen LogP contribution in [0, 0.1) is 0 Å². The van der Waals surface area contributed by atoms with Gasteiger partial charge in [-0.25, -0.2) is 9.97 Å². The fraction of sp³-hybridized carbons (Fsp3) is 0.438. The van der Waals surface area contributed by atoms with Crippen molar-refractivity contribution in [2.24, 2.45) is 0 Å². The van der Waals surface area contributed by atoms with Crippen LogP contribution in [0.3, 0.4) is 0 Å². The Morgan fingerprint density at radius 1 is 1.39 bits per heavy atom. The lowest BCUT2D eigenvalue weighted by molar-refractivity contribution is 0.179. The number of anilines is 1. The molecule has 0 amide bonds. The highest BCUT2D eigenvalue weighted by Crippen LogP contribution is 2.34. The van der Waals surface area contributed by atoms with Crippen molar-refractivity contribution in [3.63, 3.8) is 0 Å². The molecule has 6 nitrogen and oxygen atoms in total. The standard InChI is InChI=1S/C16H19N5OS/c1-22-10-14-19-16(23-20-14)21-7-4-11(5-8-21)13-9-18-15-12(13)3-2-6-17-15/h2-3,6,9,11H,4-5,7-8,10H2,1H3,(H,17,18). The summed E-state index contributed by atoms with van der Waals surface area (Å²) in [6.07, 6.45) is 6.21. The number of methoxy groups -OCH3 is 1. The van der Waals surface area contributed by atoms with Crippen LogP contribution >= 0.6 is 11.5 Å². The van der Waals surface area contributed by atoms with Gasteiger partial charge in [-0.15, -0.1) is 0 Å². The molecule has 3 aromatic heterocycles. The molecule has 0 aliphatic carbocycles. The van der Waals surface area contributed by atoms with Crippen LogP contribution in [0.4, 0.5) is 5.13 Å². The Hall–Kier alpha value is -1.99. The molecule has 23 heavy (non-hydrogen) atoms. The molecule has 0 unspecified atom stereocenters. The number of piperidine rings is 1. The average Bonchev–Trinajstić information content (AvgIpc) is 3.22. The number of aromatic amines is 1. The van der Waals surface area contributed by atoms with Crippen molar-refractivity contribution < 1.29 is 4.74 Å². The third kappa shape index (κ3) is 2.82. The van der Waals surface area contributed by atoms with E-state index in [-0.39, 0.29) is 0 Å². The van der Waals surface area contributed by atoms with Crippen LogP contribution in [0.15, 0.2) is 24.5 Å². The minimum atomic E-state index is 0.481. The first kappa shape index (κ1) is 14.6. The maximum absolute atomic E-state index is 5.09. The molecular weight excluding hydrogens is 310 g/mol. The zero-order valence-electron chi connectivity index (χ0n) is 13.0. The number of pyridine rings is 1. The first-order valence-electron chi connectivity index (χ1n) is 7.83. The van der Waals surface area contributed by atoms with Gasteiger partial charge in [0, 0.05) is 49.5 Å². The SMILES string of the molecule is COCc1nsc(N2CCC(c3c[nH]c4ncccc34)CC2)n1. The lowest BCUT2D eigenvalue weighted by Crippen LogP contribution is -2.32. The van der Waals surface area contributed by atoms with Crippen LogP contribution in [0.2, 0.25) is 0 Å². The van der Waals surface area contributed by atoms with E-state index in [1.54, 1.807) is 7.11 Å². The molecule has 4 rings (SSSR count). The Balaban J connectivity index is 1.46. The van der Waals surface area contributed by atoms with Crippen molar-refractivity contribution in [2.45, 2.75) is 25.4 Å². The molecule has 0 radical (unpaired) electrons. The molecule has 0 bridgehead atoms. The second-order valence-corrected chi connectivity index (χ2v) is 6.56. The van der Waals surface area contributed by atoms with E-state index in [9.17, 15) is 0 Å². The van der Waals surface area contributed by atoms with E-state index in [2.05, 4.69) is 36.5 Å². The number of H-pyrrole nitrogens is 1. The van der Waals surface area contributed by atoms with Crippen molar-refractivity contribution in [1.82, 2.24) is 19.3 Å². The summed E-state index contributed by atoms with van der Waals surface area (Å²) in [6.45, 7) is 2.51. The van der Waals surface area contributed by atoms with Crippen LogP contribution in [-0.4, -0.2) is 39.5 Å². The number of fused-ring (bicyclic) bond motifs is 1. The second-order valence-electron chi connectivity index (χ2n) is 5.83. The normalized spacial score (nSPS) is 16.3. The number of nitrogens with zero attached hydrogens (tertiary/aromatic N) is 4. The maximum atomic E-state index is 5.09. The minimum Gasteiger partial charge on any atom is -0.377 e. The van der Waals surface area contributed by atoms with Gasteiger partial charge in [0.25, 0.3) is 0 Å². The van der Waals surface area contributed by atoms with Crippen molar-refractivity contribution in [1.29, 1.82) is 0 Å². The highest BCUT2D eigenvalue weighted by Gasteiger charge is 2.24. The summed E-state index contributed by atoms with van der Waals surface area (Å²) in [6, 6.07) is 4.16. The summed E-state index contributed by atoms with van der Waals surface area (Å²) in [4.78, 5) is 14.6. The van der Waals surface area contributed by atoms with Gasteiger partial charge in [-0.05, 0) is 36.5 Å². The van der Waals surface area contributed by atoms with Crippen molar-refractivity contribution in [3.8, 4) is 0 Å². The molecule has 4 heterocycles. The number of nitrogens with one attached hydrogen (secondary N) is 1. The topological polar surface area (TPSA) is 66.9 Å². The highest BCUT2D eigenvalue weighted by atomic mass is 32.1. The number of rotatable bonds is 4. The lowest BCUT2D eigenvalue weighted by Gasteiger charge is -2.31. The van der Waals surface area contributed by atoms with E-state index in [0.29, 0.717) is 12.5 Å². The number of hydrogen-bond acceptors (Lipinski definition) is 6. The maximum Gasteiger partial charge on any atom is 0.205 e. The average molecular weight is 329 g/mol. The number of hydrogen-bond donors (Lipinski definition) is 1. The molecule has 3 aromatic rings. The monoisotopic (exact) mass is 329 g/mol. The van der Waals surface area contributed by atoms with Crippen LogP contribution in [-0.2, 0) is 11.3 Å². The quantitative estimate of drug-likeness (QED) is 0.797. The van der Waals surface area contributed by atoms with Gasteiger partial charge in [-0.1, -0.05) is 0 Å². The van der Waals surface area contributed by atoms with E-state index in [4.69, 9.17) is 4.74 Å². The Kier molecular flexibility index (Phi) is 3.97. The van der Waals surface area contributed by atoms with Crippen LogP contribution in [0.5, 0.6) is 0 Å². The summed E-state index contributed by atoms with van der Waals surface area (Å²) < 4.78 is 9.43. The summed E-state index contributed by atoms with van der Waals surface area (Å²) in [5.74, 6) is 1.35. The third-order valence-electron chi connectivity index (χ3n) is 4.42. The van der Waals surface area contributed by atoms with Crippen molar-refractivity contribution in [3.05, 3.63) is 35.9 Å². The molecule has 0 aromatic carbocycles. The van der Waals surface area contributed by atoms with E-state index < -0.39 is 0 Å². The smallest absolute Gasteiger partial charge is 0.205 e. The zero-order chi connectivity index (χ0) is 15.6. The summed E-state index contributed by atoms with van der Waals surface area (Å²) in [5.41, 5.74) is 2.38. The zero-order valence-corrected chi connectivity index (χ0v) is 13.8. The molecular formula is C16H19N5OS. The molecule has 1 aliphatic heterocycles. The van der Waals surface area contributed by atoms with E-state index in [0.717, 1.165) is 42.5 Å². The Bertz CT molecular complexity index is 790. The van der Waals surface area contributed by atoms with Gasteiger partial charge in [0.2, 0.25) is 5.13 Å². The molecule has 1 N–H and O–H groups in total. The van der Waals surface area contributed by atoms with Gasteiger partial charge < -0.3 is 14.6 Å². The fourth-order valence-electron chi connectivity index (χ4n) is 3.26. The summed E-state index contributed by atoms with van der Waals surface area (Å²) in [5, 5.41) is 2.26. The molecule has 0 saturated carbocycles. The van der Waals surface area contributed by atoms with Gasteiger partial charge in [0.1, 0.15) is 12.3 Å². The van der Waals surface area contributed by atoms with E-state index in [1.165, 1.54) is 22.5 Å². The van der Waals surface area contributed by atoms with Crippen LogP contribution < -0.4 is 4.90 Å². The molecule has 0 spiro atoms. The van der Waals surface area contributed by atoms with Crippen molar-refractivity contribution in [2.75, 3.05) is 25.1 Å². The molecule has 1 aliphatic rings. The molecule has 0 atom stereocenters. The van der Waals surface area contributed by atoms with E-state index >= 15 is 0 Å². The summed E-state index contributed by atoms with van der Waals surface area (Å²) in [7, 11) is 1.67.